The van der Waals surface area contributed by atoms with Gasteiger partial charge in [0.1, 0.15) is 0 Å². The van der Waals surface area contributed by atoms with Crippen LogP contribution in [0.1, 0.15) is 22.3 Å². The molecular weight excluding hydrogens is 206 g/mol. The van der Waals surface area contributed by atoms with Gasteiger partial charge in [-0.05, 0) is 36.1 Å². The molecule has 1 nitrogen and oxygen atoms in total. The minimum atomic E-state index is 0.924. The topological polar surface area (TPSA) is 12.0 Å². The molecule has 0 fully saturated rings. The second-order valence-electron chi connectivity index (χ2n) is 4.51. The van der Waals surface area contributed by atoms with Crippen LogP contribution in [0.25, 0.3) is 0 Å². The maximum Gasteiger partial charge on any atom is 0.0208 e. The summed E-state index contributed by atoms with van der Waals surface area (Å²) < 4.78 is 0. The van der Waals surface area contributed by atoms with Gasteiger partial charge in [0, 0.05) is 13.1 Å². The summed E-state index contributed by atoms with van der Waals surface area (Å²) in [5.41, 5.74) is 5.40. The normalized spacial score (nSPS) is 10.5. The number of hydrogen-bond donors (Lipinski definition) is 1. The molecule has 2 aromatic rings. The Morgan fingerprint density at radius 2 is 1.47 bits per heavy atom. The van der Waals surface area contributed by atoms with Crippen LogP contribution in [0.3, 0.4) is 0 Å². The van der Waals surface area contributed by atoms with E-state index in [0.717, 1.165) is 13.1 Å². The van der Waals surface area contributed by atoms with Gasteiger partial charge in [0.25, 0.3) is 0 Å². The van der Waals surface area contributed by atoms with Gasteiger partial charge in [-0.15, -0.1) is 0 Å². The van der Waals surface area contributed by atoms with Crippen LogP contribution in [0.4, 0.5) is 0 Å². The fraction of sp³-hybridized carbons (Fsp3) is 0.250. The minimum Gasteiger partial charge on any atom is -0.309 e. The molecule has 0 aliphatic heterocycles. The average molecular weight is 225 g/mol. The first kappa shape index (κ1) is 11.9. The molecule has 0 saturated carbocycles. The number of nitrogens with one attached hydrogen (secondary N) is 1. The summed E-state index contributed by atoms with van der Waals surface area (Å²) in [7, 11) is 0. The van der Waals surface area contributed by atoms with Crippen LogP contribution in [0, 0.1) is 13.8 Å². The molecule has 2 rings (SSSR count). The summed E-state index contributed by atoms with van der Waals surface area (Å²) in [5, 5.41) is 3.46. The second-order valence-corrected chi connectivity index (χ2v) is 4.51. The third kappa shape index (κ3) is 3.43. The third-order valence-electron chi connectivity index (χ3n) is 3.07. The van der Waals surface area contributed by atoms with E-state index in [2.05, 4.69) is 61.6 Å². The Bertz CT molecular complexity index is 474. The second kappa shape index (κ2) is 5.65. The molecule has 0 aliphatic rings. The van der Waals surface area contributed by atoms with Crippen LogP contribution in [-0.4, -0.2) is 0 Å². The molecule has 0 aliphatic carbocycles. The van der Waals surface area contributed by atoms with E-state index in [0.29, 0.717) is 0 Å². The summed E-state index contributed by atoms with van der Waals surface area (Å²) in [6, 6.07) is 17.1. The molecule has 88 valence electrons. The highest BCUT2D eigenvalue weighted by molar-refractivity contribution is 5.29. The minimum absolute atomic E-state index is 0.924. The van der Waals surface area contributed by atoms with Crippen molar-refractivity contribution in [1.82, 2.24) is 5.32 Å². The van der Waals surface area contributed by atoms with Crippen molar-refractivity contribution in [3.8, 4) is 0 Å². The van der Waals surface area contributed by atoms with E-state index in [1.54, 1.807) is 0 Å². The van der Waals surface area contributed by atoms with Crippen LogP contribution in [0.2, 0.25) is 0 Å². The van der Waals surface area contributed by atoms with Crippen molar-refractivity contribution < 1.29 is 0 Å². The zero-order valence-corrected chi connectivity index (χ0v) is 10.5. The molecule has 0 aromatic heterocycles. The molecule has 0 radical (unpaired) electrons. The molecule has 1 heteroatoms. The van der Waals surface area contributed by atoms with E-state index in [1.807, 2.05) is 6.07 Å². The zero-order chi connectivity index (χ0) is 12.1. The van der Waals surface area contributed by atoms with Gasteiger partial charge in [0.2, 0.25) is 0 Å². The molecule has 1 N–H and O–H groups in total. The Kier molecular flexibility index (Phi) is 3.94. The smallest absolute Gasteiger partial charge is 0.0208 e. The summed E-state index contributed by atoms with van der Waals surface area (Å²) >= 11 is 0. The maximum atomic E-state index is 3.46. The van der Waals surface area contributed by atoms with Crippen LogP contribution >= 0.6 is 0 Å². The van der Waals surface area contributed by atoms with E-state index in [9.17, 15) is 0 Å². The first-order valence-corrected chi connectivity index (χ1v) is 6.06. The van der Waals surface area contributed by atoms with Crippen molar-refractivity contribution in [3.05, 3.63) is 70.8 Å². The zero-order valence-electron chi connectivity index (χ0n) is 10.5. The van der Waals surface area contributed by atoms with Crippen molar-refractivity contribution >= 4 is 0 Å². The van der Waals surface area contributed by atoms with Gasteiger partial charge in [0.05, 0.1) is 0 Å². The SMILES string of the molecule is Cc1ccc(CNCc2ccccc2)cc1C. The highest BCUT2D eigenvalue weighted by Crippen LogP contribution is 2.09. The average Bonchev–Trinajstić information content (AvgIpc) is 2.35. The van der Waals surface area contributed by atoms with Crippen molar-refractivity contribution in [2.24, 2.45) is 0 Å². The monoisotopic (exact) mass is 225 g/mol. The summed E-state index contributed by atoms with van der Waals surface area (Å²) in [6.45, 7) is 6.16. The van der Waals surface area contributed by atoms with E-state index in [-0.39, 0.29) is 0 Å². The lowest BCUT2D eigenvalue weighted by molar-refractivity contribution is 0.693. The quantitative estimate of drug-likeness (QED) is 0.838. The molecule has 0 bridgehead atoms. The number of aryl methyl sites for hydroxylation is 2. The van der Waals surface area contributed by atoms with Crippen molar-refractivity contribution in [2.45, 2.75) is 26.9 Å². The summed E-state index contributed by atoms with van der Waals surface area (Å²) in [5.74, 6) is 0. The fourth-order valence-electron chi connectivity index (χ4n) is 1.86. The highest BCUT2D eigenvalue weighted by atomic mass is 14.8. The van der Waals surface area contributed by atoms with E-state index in [1.165, 1.54) is 22.3 Å². The van der Waals surface area contributed by atoms with Gasteiger partial charge in [0.15, 0.2) is 0 Å². The molecule has 0 spiro atoms. The predicted octanol–water partition coefficient (Wildman–Crippen LogP) is 3.59. The molecule has 0 saturated heterocycles. The van der Waals surface area contributed by atoms with Crippen LogP contribution in [-0.2, 0) is 13.1 Å². The maximum absolute atomic E-state index is 3.46. The molecule has 17 heavy (non-hydrogen) atoms. The van der Waals surface area contributed by atoms with E-state index < -0.39 is 0 Å². The summed E-state index contributed by atoms with van der Waals surface area (Å²) in [6.07, 6.45) is 0. The lowest BCUT2D eigenvalue weighted by Gasteiger charge is -2.07. The van der Waals surface area contributed by atoms with Crippen LogP contribution < -0.4 is 5.32 Å². The Hall–Kier alpha value is -1.60. The standard InChI is InChI=1S/C16H19N/c1-13-8-9-16(10-14(13)2)12-17-11-15-6-4-3-5-7-15/h3-10,17H,11-12H2,1-2H3. The van der Waals surface area contributed by atoms with Gasteiger partial charge in [-0.2, -0.15) is 0 Å². The number of rotatable bonds is 4. The lowest BCUT2D eigenvalue weighted by atomic mass is 10.1. The van der Waals surface area contributed by atoms with E-state index in [4.69, 9.17) is 0 Å². The van der Waals surface area contributed by atoms with Crippen molar-refractivity contribution in [1.29, 1.82) is 0 Å². The molecule has 0 amide bonds. The lowest BCUT2D eigenvalue weighted by Crippen LogP contribution is -2.12. The molecular formula is C16H19N. The van der Waals surface area contributed by atoms with Crippen LogP contribution in [0.5, 0.6) is 0 Å². The van der Waals surface area contributed by atoms with Gasteiger partial charge < -0.3 is 5.32 Å². The van der Waals surface area contributed by atoms with Crippen LogP contribution in [0.15, 0.2) is 48.5 Å². The largest absolute Gasteiger partial charge is 0.309 e. The molecule has 0 heterocycles. The fourth-order valence-corrected chi connectivity index (χ4v) is 1.86. The van der Waals surface area contributed by atoms with Crippen molar-refractivity contribution in [2.75, 3.05) is 0 Å². The first-order valence-electron chi connectivity index (χ1n) is 6.06. The third-order valence-corrected chi connectivity index (χ3v) is 3.07. The Labute approximate surface area is 103 Å². The predicted molar refractivity (Wildman–Crippen MR) is 72.9 cm³/mol. The number of benzene rings is 2. The molecule has 2 aromatic carbocycles. The van der Waals surface area contributed by atoms with Gasteiger partial charge in [-0.1, -0.05) is 48.5 Å². The highest BCUT2D eigenvalue weighted by Gasteiger charge is 1.96. The number of hydrogen-bond acceptors (Lipinski definition) is 1. The molecule has 0 unspecified atom stereocenters. The Morgan fingerprint density at radius 1 is 0.765 bits per heavy atom. The summed E-state index contributed by atoms with van der Waals surface area (Å²) in [4.78, 5) is 0. The first-order chi connectivity index (χ1) is 8.25. The van der Waals surface area contributed by atoms with Gasteiger partial charge in [-0.3, -0.25) is 0 Å². The Balaban J connectivity index is 1.88. The van der Waals surface area contributed by atoms with Gasteiger partial charge in [-0.25, -0.2) is 0 Å². The van der Waals surface area contributed by atoms with Crippen molar-refractivity contribution in [3.63, 3.8) is 0 Å². The molecule has 0 atom stereocenters. The Morgan fingerprint density at radius 3 is 2.18 bits per heavy atom. The van der Waals surface area contributed by atoms with Gasteiger partial charge >= 0.3 is 0 Å². The van der Waals surface area contributed by atoms with E-state index >= 15 is 0 Å².